The summed E-state index contributed by atoms with van der Waals surface area (Å²) in [6.45, 7) is 0. The molecule has 0 unspecified atom stereocenters. The van der Waals surface area contributed by atoms with Crippen molar-refractivity contribution in [2.45, 2.75) is 0 Å². The Hall–Kier alpha value is -3.65. The van der Waals surface area contributed by atoms with E-state index in [1.807, 2.05) is 0 Å². The number of hydrazone groups is 1. The summed E-state index contributed by atoms with van der Waals surface area (Å²) in [5.41, 5.74) is 3.85. The number of anilines is 1. The van der Waals surface area contributed by atoms with Crippen molar-refractivity contribution >= 4 is 35.2 Å². The summed E-state index contributed by atoms with van der Waals surface area (Å²) in [7, 11) is 0. The number of carboxylic acid groups (broad SMARTS) is 1. The van der Waals surface area contributed by atoms with Gasteiger partial charge in [0.05, 0.1) is 27.4 Å². The van der Waals surface area contributed by atoms with Crippen LogP contribution in [0.4, 0.5) is 11.4 Å². The lowest BCUT2D eigenvalue weighted by atomic mass is 10.1. The number of nitrogens with zero attached hydrogens (tertiary/aromatic N) is 2. The number of nitrogens with one attached hydrogen (secondary N) is 1. The van der Waals surface area contributed by atoms with Crippen LogP contribution in [0.15, 0.2) is 64.1 Å². The number of carbonyl (C=O) groups is 1. The molecule has 0 radical (unpaired) electrons. The second-order valence-corrected chi connectivity index (χ2v) is 5.78. The Kier molecular flexibility index (Phi) is 5.18. The predicted molar refractivity (Wildman–Crippen MR) is 100 cm³/mol. The van der Waals surface area contributed by atoms with Crippen molar-refractivity contribution in [1.29, 1.82) is 0 Å². The Bertz CT molecular complexity index is 1030. The molecule has 3 aromatic rings. The predicted octanol–water partition coefficient (Wildman–Crippen LogP) is 4.65. The normalized spacial score (nSPS) is 10.9. The number of furan rings is 1. The number of hydrogen-bond acceptors (Lipinski definition) is 6. The molecule has 2 N–H and O–H groups in total. The Balaban J connectivity index is 1.70. The molecule has 0 aliphatic heterocycles. The summed E-state index contributed by atoms with van der Waals surface area (Å²) < 4.78 is 5.62. The van der Waals surface area contributed by atoms with Crippen LogP contribution in [-0.2, 0) is 0 Å². The van der Waals surface area contributed by atoms with E-state index in [1.54, 1.807) is 18.2 Å². The van der Waals surface area contributed by atoms with Crippen molar-refractivity contribution in [3.63, 3.8) is 0 Å². The summed E-state index contributed by atoms with van der Waals surface area (Å²) in [4.78, 5) is 21.3. The van der Waals surface area contributed by atoms with E-state index >= 15 is 0 Å². The molecule has 0 aliphatic rings. The van der Waals surface area contributed by atoms with E-state index in [-0.39, 0.29) is 16.3 Å². The first-order valence-corrected chi connectivity index (χ1v) is 7.98. The lowest BCUT2D eigenvalue weighted by molar-refractivity contribution is -0.384. The van der Waals surface area contributed by atoms with Crippen LogP contribution in [0.5, 0.6) is 0 Å². The lowest BCUT2D eigenvalue weighted by Crippen LogP contribution is -1.97. The van der Waals surface area contributed by atoms with Crippen molar-refractivity contribution in [2.24, 2.45) is 5.10 Å². The molecule has 0 saturated carbocycles. The molecular weight excluding hydrogens is 374 g/mol. The van der Waals surface area contributed by atoms with E-state index in [2.05, 4.69) is 10.5 Å². The minimum absolute atomic E-state index is 0.0103. The molecule has 27 heavy (non-hydrogen) atoms. The van der Waals surface area contributed by atoms with Crippen molar-refractivity contribution in [2.75, 3.05) is 5.43 Å². The van der Waals surface area contributed by atoms with Gasteiger partial charge < -0.3 is 9.52 Å². The van der Waals surface area contributed by atoms with Gasteiger partial charge in [0, 0.05) is 17.7 Å². The SMILES string of the molecule is O=C(O)c1cc(-c2ccc(/C=N\Nc3ccc([N+](=O)[O-])cc3)o2)ccc1Cl. The molecule has 9 heteroatoms. The zero-order valence-electron chi connectivity index (χ0n) is 13.6. The maximum Gasteiger partial charge on any atom is 0.337 e. The molecule has 0 spiro atoms. The second kappa shape index (κ2) is 7.71. The number of non-ortho nitro benzene ring substituents is 1. The Morgan fingerprint density at radius 1 is 1.19 bits per heavy atom. The molecular formula is C18H12ClN3O5. The number of benzene rings is 2. The van der Waals surface area contributed by atoms with Crippen LogP contribution < -0.4 is 5.43 Å². The monoisotopic (exact) mass is 385 g/mol. The highest BCUT2D eigenvalue weighted by Crippen LogP contribution is 2.26. The van der Waals surface area contributed by atoms with E-state index in [1.165, 1.54) is 42.6 Å². The molecule has 136 valence electrons. The van der Waals surface area contributed by atoms with Crippen molar-refractivity contribution in [3.8, 4) is 11.3 Å². The van der Waals surface area contributed by atoms with Gasteiger partial charge in [-0.25, -0.2) is 4.79 Å². The second-order valence-electron chi connectivity index (χ2n) is 5.38. The number of rotatable bonds is 6. The van der Waals surface area contributed by atoms with Crippen molar-refractivity contribution < 1.29 is 19.2 Å². The van der Waals surface area contributed by atoms with Gasteiger partial charge in [-0.3, -0.25) is 15.5 Å². The summed E-state index contributed by atoms with van der Waals surface area (Å²) in [6, 6.07) is 13.7. The van der Waals surface area contributed by atoms with E-state index in [4.69, 9.17) is 21.1 Å². The Labute approximate surface area is 157 Å². The number of aromatic carboxylic acids is 1. The highest BCUT2D eigenvalue weighted by atomic mass is 35.5. The lowest BCUT2D eigenvalue weighted by Gasteiger charge is -2.02. The first kappa shape index (κ1) is 18.2. The minimum atomic E-state index is -1.12. The fourth-order valence-electron chi connectivity index (χ4n) is 2.25. The van der Waals surface area contributed by atoms with Gasteiger partial charge in [0.15, 0.2) is 0 Å². The molecule has 8 nitrogen and oxygen atoms in total. The first-order valence-electron chi connectivity index (χ1n) is 7.60. The summed E-state index contributed by atoms with van der Waals surface area (Å²) in [6.07, 6.45) is 1.43. The summed E-state index contributed by atoms with van der Waals surface area (Å²) in [5, 5.41) is 23.9. The van der Waals surface area contributed by atoms with Crippen LogP contribution in [0, 0.1) is 10.1 Å². The number of nitro benzene ring substituents is 1. The van der Waals surface area contributed by atoms with E-state index in [9.17, 15) is 14.9 Å². The third kappa shape index (κ3) is 4.31. The highest BCUT2D eigenvalue weighted by molar-refractivity contribution is 6.33. The zero-order valence-corrected chi connectivity index (χ0v) is 14.4. The van der Waals surface area contributed by atoms with Crippen LogP contribution in [0.2, 0.25) is 5.02 Å². The molecule has 0 amide bonds. The van der Waals surface area contributed by atoms with Crippen LogP contribution in [0.3, 0.4) is 0 Å². The first-order chi connectivity index (χ1) is 12.9. The van der Waals surface area contributed by atoms with Gasteiger partial charge in [-0.15, -0.1) is 0 Å². The molecule has 0 fully saturated rings. The molecule has 3 rings (SSSR count). The molecule has 0 saturated heterocycles. The zero-order chi connectivity index (χ0) is 19.4. The minimum Gasteiger partial charge on any atom is -0.478 e. The standard InChI is InChI=1S/C18H12ClN3O5/c19-16-7-1-11(9-15(16)18(23)24)17-8-6-14(27-17)10-20-21-12-2-4-13(5-3-12)22(25)26/h1-10,21H,(H,23,24)/b20-10-. The molecule has 1 heterocycles. The van der Waals surface area contributed by atoms with Gasteiger partial charge >= 0.3 is 5.97 Å². The Morgan fingerprint density at radius 3 is 2.59 bits per heavy atom. The molecule has 0 aliphatic carbocycles. The molecule has 0 atom stereocenters. The fraction of sp³-hybridized carbons (Fsp3) is 0. The summed E-state index contributed by atoms with van der Waals surface area (Å²) in [5.74, 6) is -0.223. The van der Waals surface area contributed by atoms with E-state index < -0.39 is 10.9 Å². The fourth-order valence-corrected chi connectivity index (χ4v) is 2.45. The number of hydrogen-bond donors (Lipinski definition) is 2. The average Bonchev–Trinajstić information content (AvgIpc) is 3.11. The quantitative estimate of drug-likeness (QED) is 0.362. The van der Waals surface area contributed by atoms with E-state index in [0.29, 0.717) is 22.8 Å². The van der Waals surface area contributed by atoms with Gasteiger partial charge in [0.1, 0.15) is 11.5 Å². The van der Waals surface area contributed by atoms with Crippen LogP contribution >= 0.6 is 11.6 Å². The van der Waals surface area contributed by atoms with Gasteiger partial charge in [0.25, 0.3) is 5.69 Å². The number of carboxylic acids is 1. The van der Waals surface area contributed by atoms with Crippen molar-refractivity contribution in [3.05, 3.63) is 81.1 Å². The topological polar surface area (TPSA) is 118 Å². The maximum atomic E-state index is 11.2. The molecule has 0 bridgehead atoms. The van der Waals surface area contributed by atoms with Gasteiger partial charge in [-0.2, -0.15) is 5.10 Å². The highest BCUT2D eigenvalue weighted by Gasteiger charge is 2.12. The Morgan fingerprint density at radius 2 is 1.93 bits per heavy atom. The summed E-state index contributed by atoms with van der Waals surface area (Å²) >= 11 is 5.86. The van der Waals surface area contributed by atoms with E-state index in [0.717, 1.165) is 0 Å². The molecule has 2 aromatic carbocycles. The van der Waals surface area contributed by atoms with Gasteiger partial charge in [-0.1, -0.05) is 11.6 Å². The smallest absolute Gasteiger partial charge is 0.337 e. The third-order valence-electron chi connectivity index (χ3n) is 3.57. The van der Waals surface area contributed by atoms with Crippen LogP contribution in [0.1, 0.15) is 16.1 Å². The van der Waals surface area contributed by atoms with Crippen molar-refractivity contribution in [1.82, 2.24) is 0 Å². The third-order valence-corrected chi connectivity index (χ3v) is 3.90. The molecule has 1 aromatic heterocycles. The largest absolute Gasteiger partial charge is 0.478 e. The number of nitro groups is 1. The van der Waals surface area contributed by atoms with Crippen LogP contribution in [0.25, 0.3) is 11.3 Å². The maximum absolute atomic E-state index is 11.2. The number of halogens is 1. The van der Waals surface area contributed by atoms with Gasteiger partial charge in [0.2, 0.25) is 0 Å². The average molecular weight is 386 g/mol. The van der Waals surface area contributed by atoms with Crippen LogP contribution in [-0.4, -0.2) is 22.2 Å². The van der Waals surface area contributed by atoms with Gasteiger partial charge in [-0.05, 0) is 42.5 Å².